The molecule has 0 spiro atoms. The average molecular weight is 241 g/mol. The van der Waals surface area contributed by atoms with Gasteiger partial charge in [-0.05, 0) is 30.2 Å². The number of esters is 1. The summed E-state index contributed by atoms with van der Waals surface area (Å²) in [6.45, 7) is 1.88. The Bertz CT molecular complexity index is 591. The third-order valence-corrected chi connectivity index (χ3v) is 2.90. The van der Waals surface area contributed by atoms with Crippen molar-refractivity contribution in [3.05, 3.63) is 53.6 Å². The highest BCUT2D eigenvalue weighted by molar-refractivity contribution is 5.92. The Morgan fingerprint density at radius 2 is 1.89 bits per heavy atom. The molecule has 0 heterocycles. The molecular formula is C15H15NO2. The Balaban J connectivity index is 2.47. The number of nitrogen functional groups attached to an aromatic ring is 1. The summed E-state index contributed by atoms with van der Waals surface area (Å²) >= 11 is 0. The topological polar surface area (TPSA) is 52.3 Å². The van der Waals surface area contributed by atoms with Gasteiger partial charge in [0.15, 0.2) is 0 Å². The van der Waals surface area contributed by atoms with Crippen LogP contribution in [0.4, 0.5) is 5.69 Å². The van der Waals surface area contributed by atoms with Crippen molar-refractivity contribution >= 4 is 11.7 Å². The van der Waals surface area contributed by atoms with Crippen LogP contribution in [0.5, 0.6) is 0 Å². The maximum atomic E-state index is 11.5. The Hall–Kier alpha value is -2.29. The predicted molar refractivity (Wildman–Crippen MR) is 72.4 cm³/mol. The van der Waals surface area contributed by atoms with E-state index < -0.39 is 0 Å². The van der Waals surface area contributed by atoms with E-state index in [9.17, 15) is 4.79 Å². The number of benzene rings is 2. The van der Waals surface area contributed by atoms with E-state index >= 15 is 0 Å². The summed E-state index contributed by atoms with van der Waals surface area (Å²) in [6, 6.07) is 13.2. The summed E-state index contributed by atoms with van der Waals surface area (Å²) in [7, 11) is 1.38. The molecule has 3 nitrogen and oxygen atoms in total. The molecule has 0 amide bonds. The van der Waals surface area contributed by atoms with E-state index in [0.29, 0.717) is 5.56 Å². The van der Waals surface area contributed by atoms with E-state index in [1.165, 1.54) is 7.11 Å². The first-order valence-corrected chi connectivity index (χ1v) is 5.67. The normalized spacial score (nSPS) is 10.1. The number of aryl methyl sites for hydroxylation is 1. The van der Waals surface area contributed by atoms with Gasteiger partial charge in [0.25, 0.3) is 0 Å². The van der Waals surface area contributed by atoms with Crippen LogP contribution >= 0.6 is 0 Å². The summed E-state index contributed by atoms with van der Waals surface area (Å²) in [6.07, 6.45) is 0. The first-order valence-electron chi connectivity index (χ1n) is 5.67. The number of carbonyl (C=O) groups excluding carboxylic acids is 1. The SMILES string of the molecule is COC(=O)c1ccc(-c2ccccc2N)cc1C. The molecule has 0 saturated heterocycles. The lowest BCUT2D eigenvalue weighted by molar-refractivity contribution is 0.0600. The Morgan fingerprint density at radius 3 is 2.50 bits per heavy atom. The standard InChI is InChI=1S/C15H15NO2/c1-10-9-11(7-8-12(10)15(17)18-2)13-5-3-4-6-14(13)16/h3-9H,16H2,1-2H3. The van der Waals surface area contributed by atoms with Crippen LogP contribution in [0.25, 0.3) is 11.1 Å². The predicted octanol–water partition coefficient (Wildman–Crippen LogP) is 3.03. The van der Waals surface area contributed by atoms with Crippen molar-refractivity contribution < 1.29 is 9.53 Å². The fraction of sp³-hybridized carbons (Fsp3) is 0.133. The number of nitrogens with two attached hydrogens (primary N) is 1. The molecule has 0 aromatic heterocycles. The number of anilines is 1. The molecule has 0 aliphatic rings. The fourth-order valence-corrected chi connectivity index (χ4v) is 1.93. The van der Waals surface area contributed by atoms with Crippen molar-refractivity contribution in [1.29, 1.82) is 0 Å². The number of ether oxygens (including phenoxy) is 1. The smallest absolute Gasteiger partial charge is 0.338 e. The molecule has 18 heavy (non-hydrogen) atoms. The zero-order valence-corrected chi connectivity index (χ0v) is 10.4. The van der Waals surface area contributed by atoms with Crippen LogP contribution in [-0.4, -0.2) is 13.1 Å². The van der Waals surface area contributed by atoms with E-state index in [1.807, 2.05) is 43.3 Å². The molecule has 2 rings (SSSR count). The van der Waals surface area contributed by atoms with E-state index in [-0.39, 0.29) is 5.97 Å². The lowest BCUT2D eigenvalue weighted by Crippen LogP contribution is -2.03. The van der Waals surface area contributed by atoms with E-state index in [0.717, 1.165) is 22.4 Å². The van der Waals surface area contributed by atoms with Crippen molar-refractivity contribution in [3.8, 4) is 11.1 Å². The highest BCUT2D eigenvalue weighted by atomic mass is 16.5. The Labute approximate surface area is 106 Å². The molecule has 2 aromatic carbocycles. The van der Waals surface area contributed by atoms with Crippen LogP contribution in [0.1, 0.15) is 15.9 Å². The molecule has 0 fully saturated rings. The molecule has 2 aromatic rings. The van der Waals surface area contributed by atoms with Gasteiger partial charge in [0, 0.05) is 11.3 Å². The van der Waals surface area contributed by atoms with Gasteiger partial charge in [0.2, 0.25) is 0 Å². The van der Waals surface area contributed by atoms with Gasteiger partial charge in [-0.3, -0.25) is 0 Å². The zero-order chi connectivity index (χ0) is 13.1. The van der Waals surface area contributed by atoms with Crippen LogP contribution in [0.2, 0.25) is 0 Å². The van der Waals surface area contributed by atoms with E-state index in [4.69, 9.17) is 10.5 Å². The quantitative estimate of drug-likeness (QED) is 0.649. The summed E-state index contributed by atoms with van der Waals surface area (Å²) in [5, 5.41) is 0. The zero-order valence-electron chi connectivity index (χ0n) is 10.4. The number of para-hydroxylation sites is 1. The number of hydrogen-bond donors (Lipinski definition) is 1. The first kappa shape index (κ1) is 12.2. The van der Waals surface area contributed by atoms with Gasteiger partial charge in [0.1, 0.15) is 0 Å². The van der Waals surface area contributed by atoms with Crippen molar-refractivity contribution in [2.75, 3.05) is 12.8 Å². The largest absolute Gasteiger partial charge is 0.465 e. The molecule has 3 heteroatoms. The Morgan fingerprint density at radius 1 is 1.17 bits per heavy atom. The van der Waals surface area contributed by atoms with Crippen LogP contribution in [0.3, 0.4) is 0 Å². The summed E-state index contributed by atoms with van der Waals surface area (Å²) in [5.41, 5.74) is 10.1. The molecule has 0 atom stereocenters. The third-order valence-electron chi connectivity index (χ3n) is 2.90. The summed E-state index contributed by atoms with van der Waals surface area (Å²) < 4.78 is 4.72. The van der Waals surface area contributed by atoms with Gasteiger partial charge in [-0.1, -0.05) is 30.3 Å². The van der Waals surface area contributed by atoms with Crippen molar-refractivity contribution in [3.63, 3.8) is 0 Å². The molecule has 92 valence electrons. The molecule has 0 aliphatic carbocycles. The molecule has 0 bridgehead atoms. The molecule has 0 aliphatic heterocycles. The van der Waals surface area contributed by atoms with Crippen molar-refractivity contribution in [1.82, 2.24) is 0 Å². The van der Waals surface area contributed by atoms with Crippen LogP contribution < -0.4 is 5.73 Å². The highest BCUT2D eigenvalue weighted by Gasteiger charge is 2.10. The number of rotatable bonds is 2. The van der Waals surface area contributed by atoms with Gasteiger partial charge >= 0.3 is 5.97 Å². The maximum Gasteiger partial charge on any atom is 0.338 e. The fourth-order valence-electron chi connectivity index (χ4n) is 1.93. The number of hydrogen-bond acceptors (Lipinski definition) is 3. The van der Waals surface area contributed by atoms with Crippen LogP contribution in [0.15, 0.2) is 42.5 Å². The van der Waals surface area contributed by atoms with Gasteiger partial charge in [-0.25, -0.2) is 4.79 Å². The minimum atomic E-state index is -0.319. The molecule has 2 N–H and O–H groups in total. The van der Waals surface area contributed by atoms with Crippen LogP contribution in [0, 0.1) is 6.92 Å². The molecule has 0 saturated carbocycles. The average Bonchev–Trinajstić information content (AvgIpc) is 2.38. The van der Waals surface area contributed by atoms with Crippen molar-refractivity contribution in [2.24, 2.45) is 0 Å². The highest BCUT2D eigenvalue weighted by Crippen LogP contribution is 2.27. The lowest BCUT2D eigenvalue weighted by Gasteiger charge is -2.09. The summed E-state index contributed by atoms with van der Waals surface area (Å²) in [5.74, 6) is -0.319. The first-order chi connectivity index (χ1) is 8.63. The minimum absolute atomic E-state index is 0.319. The van der Waals surface area contributed by atoms with Gasteiger partial charge in [0.05, 0.1) is 12.7 Å². The van der Waals surface area contributed by atoms with Crippen molar-refractivity contribution in [2.45, 2.75) is 6.92 Å². The Kier molecular flexibility index (Phi) is 3.33. The lowest BCUT2D eigenvalue weighted by atomic mass is 9.99. The molecular weight excluding hydrogens is 226 g/mol. The van der Waals surface area contributed by atoms with E-state index in [1.54, 1.807) is 6.07 Å². The molecule has 0 radical (unpaired) electrons. The summed E-state index contributed by atoms with van der Waals surface area (Å²) in [4.78, 5) is 11.5. The second-order valence-electron chi connectivity index (χ2n) is 4.11. The second kappa shape index (κ2) is 4.92. The van der Waals surface area contributed by atoms with Crippen LogP contribution in [-0.2, 0) is 4.74 Å². The van der Waals surface area contributed by atoms with E-state index in [2.05, 4.69) is 0 Å². The monoisotopic (exact) mass is 241 g/mol. The number of carbonyl (C=O) groups is 1. The maximum absolute atomic E-state index is 11.5. The molecule has 0 unspecified atom stereocenters. The van der Waals surface area contributed by atoms with Gasteiger partial charge < -0.3 is 10.5 Å². The van der Waals surface area contributed by atoms with Gasteiger partial charge in [-0.15, -0.1) is 0 Å². The number of methoxy groups -OCH3 is 1. The minimum Gasteiger partial charge on any atom is -0.465 e. The second-order valence-corrected chi connectivity index (χ2v) is 4.11. The van der Waals surface area contributed by atoms with Gasteiger partial charge in [-0.2, -0.15) is 0 Å². The third kappa shape index (κ3) is 2.20.